The fourth-order valence-electron chi connectivity index (χ4n) is 2.51. The predicted octanol–water partition coefficient (Wildman–Crippen LogP) is 2.02. The van der Waals surface area contributed by atoms with Gasteiger partial charge in [0, 0.05) is 23.7 Å². The Labute approximate surface area is 123 Å². The Hall–Kier alpha value is -1.30. The summed E-state index contributed by atoms with van der Waals surface area (Å²) in [4.78, 5) is 13.3. The molecule has 0 aromatic heterocycles. The summed E-state index contributed by atoms with van der Waals surface area (Å²) in [6, 6.07) is 4.68. The second-order valence-corrected chi connectivity index (χ2v) is 5.22. The zero-order valence-electron chi connectivity index (χ0n) is 11.5. The number of hydrogen-bond acceptors (Lipinski definition) is 4. The molecule has 1 saturated heterocycles. The van der Waals surface area contributed by atoms with Gasteiger partial charge in [-0.05, 0) is 25.1 Å². The van der Waals surface area contributed by atoms with Crippen LogP contribution in [-0.4, -0.2) is 48.4 Å². The Bertz CT molecular complexity index is 494. The lowest BCUT2D eigenvalue weighted by Crippen LogP contribution is -2.53. The summed E-state index contributed by atoms with van der Waals surface area (Å²) in [6.45, 7) is 3.33. The number of methoxy groups -OCH3 is 1. The lowest BCUT2D eigenvalue weighted by molar-refractivity contribution is -0.156. The van der Waals surface area contributed by atoms with E-state index >= 15 is 0 Å². The van der Waals surface area contributed by atoms with Gasteiger partial charge in [-0.15, -0.1) is 0 Å². The van der Waals surface area contributed by atoms with E-state index in [0.29, 0.717) is 30.5 Å². The van der Waals surface area contributed by atoms with Crippen molar-refractivity contribution in [1.29, 1.82) is 0 Å². The molecule has 1 aromatic carbocycles. The highest BCUT2D eigenvalue weighted by Gasteiger charge is 2.35. The average molecular weight is 300 g/mol. The van der Waals surface area contributed by atoms with Crippen LogP contribution in [0.1, 0.15) is 12.5 Å². The second kappa shape index (κ2) is 6.43. The van der Waals surface area contributed by atoms with Gasteiger partial charge in [0.1, 0.15) is 11.8 Å². The summed E-state index contributed by atoms with van der Waals surface area (Å²) in [6.07, 6.45) is -0.341. The number of carbonyl (C=O) groups is 1. The van der Waals surface area contributed by atoms with Crippen LogP contribution in [0.2, 0.25) is 5.02 Å². The molecular formula is C14H18ClNO4. The van der Waals surface area contributed by atoms with Crippen LogP contribution in [-0.2, 0) is 16.1 Å². The van der Waals surface area contributed by atoms with Gasteiger partial charge in [-0.3, -0.25) is 9.69 Å². The third kappa shape index (κ3) is 3.23. The third-order valence-corrected chi connectivity index (χ3v) is 3.70. The molecule has 0 saturated carbocycles. The van der Waals surface area contributed by atoms with Crippen molar-refractivity contribution in [3.8, 4) is 5.75 Å². The monoisotopic (exact) mass is 299 g/mol. The van der Waals surface area contributed by atoms with E-state index in [1.165, 1.54) is 0 Å². The van der Waals surface area contributed by atoms with Crippen LogP contribution in [0.15, 0.2) is 18.2 Å². The Morgan fingerprint density at radius 3 is 3.00 bits per heavy atom. The van der Waals surface area contributed by atoms with Crippen molar-refractivity contribution >= 4 is 17.6 Å². The number of rotatable bonds is 4. The molecule has 1 aliphatic heterocycles. The maximum atomic E-state index is 11.4. The Morgan fingerprint density at radius 1 is 1.60 bits per heavy atom. The van der Waals surface area contributed by atoms with Crippen molar-refractivity contribution in [1.82, 2.24) is 4.90 Å². The van der Waals surface area contributed by atoms with Crippen molar-refractivity contribution in [2.24, 2.45) is 0 Å². The van der Waals surface area contributed by atoms with E-state index in [1.54, 1.807) is 32.2 Å². The van der Waals surface area contributed by atoms with Crippen LogP contribution in [0.5, 0.6) is 5.75 Å². The number of nitrogens with zero attached hydrogens (tertiary/aromatic N) is 1. The standard InChI is InChI=1S/C14H18ClNO4/c1-9-13(14(17)18)16(5-6-20-9)8-10-7-11(15)3-4-12(10)19-2/h3-4,7,9,13H,5-6,8H2,1-2H3,(H,17,18)/t9-,13+/m1/s1. The Balaban J connectivity index is 2.23. The summed E-state index contributed by atoms with van der Waals surface area (Å²) in [5.41, 5.74) is 0.875. The van der Waals surface area contributed by atoms with E-state index < -0.39 is 12.0 Å². The molecule has 1 N–H and O–H groups in total. The van der Waals surface area contributed by atoms with E-state index in [2.05, 4.69) is 0 Å². The summed E-state index contributed by atoms with van der Waals surface area (Å²) < 4.78 is 10.7. The number of halogens is 1. The van der Waals surface area contributed by atoms with Crippen LogP contribution in [0, 0.1) is 0 Å². The predicted molar refractivity (Wildman–Crippen MR) is 75.3 cm³/mol. The normalized spacial score (nSPS) is 23.6. The van der Waals surface area contributed by atoms with Crippen molar-refractivity contribution in [3.63, 3.8) is 0 Å². The van der Waals surface area contributed by atoms with Crippen molar-refractivity contribution < 1.29 is 19.4 Å². The smallest absolute Gasteiger partial charge is 0.323 e. The van der Waals surface area contributed by atoms with Crippen LogP contribution >= 0.6 is 11.6 Å². The van der Waals surface area contributed by atoms with Crippen LogP contribution < -0.4 is 4.74 Å². The van der Waals surface area contributed by atoms with E-state index in [9.17, 15) is 9.90 Å². The summed E-state index contributed by atoms with van der Waals surface area (Å²) in [5.74, 6) is -0.170. The zero-order valence-corrected chi connectivity index (χ0v) is 12.3. The number of aliphatic carboxylic acids is 1. The molecule has 1 heterocycles. The minimum atomic E-state index is -0.877. The first-order chi connectivity index (χ1) is 9.52. The molecule has 0 radical (unpaired) electrons. The molecule has 1 aliphatic rings. The van der Waals surface area contributed by atoms with Crippen LogP contribution in [0.25, 0.3) is 0 Å². The van der Waals surface area contributed by atoms with Gasteiger partial charge in [-0.1, -0.05) is 11.6 Å². The molecule has 0 unspecified atom stereocenters. The molecular weight excluding hydrogens is 282 g/mol. The minimum Gasteiger partial charge on any atom is -0.496 e. The molecule has 0 spiro atoms. The molecule has 20 heavy (non-hydrogen) atoms. The highest BCUT2D eigenvalue weighted by Crippen LogP contribution is 2.26. The molecule has 6 heteroatoms. The molecule has 110 valence electrons. The fourth-order valence-corrected chi connectivity index (χ4v) is 2.70. The lowest BCUT2D eigenvalue weighted by atomic mass is 10.1. The van der Waals surface area contributed by atoms with Gasteiger partial charge in [-0.25, -0.2) is 0 Å². The van der Waals surface area contributed by atoms with Crippen LogP contribution in [0.4, 0.5) is 0 Å². The molecule has 1 aromatic rings. The maximum absolute atomic E-state index is 11.4. The molecule has 0 bridgehead atoms. The first-order valence-corrected chi connectivity index (χ1v) is 6.81. The molecule has 0 amide bonds. The largest absolute Gasteiger partial charge is 0.496 e. The van der Waals surface area contributed by atoms with Gasteiger partial charge in [0.25, 0.3) is 0 Å². The van der Waals surface area contributed by atoms with E-state index in [0.717, 1.165) is 5.56 Å². The van der Waals surface area contributed by atoms with Gasteiger partial charge >= 0.3 is 5.97 Å². The number of ether oxygens (including phenoxy) is 2. The van der Waals surface area contributed by atoms with Gasteiger partial charge in [0.05, 0.1) is 19.8 Å². The van der Waals surface area contributed by atoms with Gasteiger partial charge in [0.2, 0.25) is 0 Å². The van der Waals surface area contributed by atoms with Gasteiger partial charge < -0.3 is 14.6 Å². The van der Waals surface area contributed by atoms with E-state index in [4.69, 9.17) is 21.1 Å². The zero-order chi connectivity index (χ0) is 14.7. The second-order valence-electron chi connectivity index (χ2n) is 4.79. The highest BCUT2D eigenvalue weighted by atomic mass is 35.5. The van der Waals surface area contributed by atoms with E-state index in [1.807, 2.05) is 4.90 Å². The fraction of sp³-hybridized carbons (Fsp3) is 0.500. The van der Waals surface area contributed by atoms with Crippen molar-refractivity contribution in [2.45, 2.75) is 25.6 Å². The van der Waals surface area contributed by atoms with Crippen molar-refractivity contribution in [2.75, 3.05) is 20.3 Å². The molecule has 1 fully saturated rings. The average Bonchev–Trinajstić information content (AvgIpc) is 2.38. The van der Waals surface area contributed by atoms with Gasteiger partial charge in [0.15, 0.2) is 0 Å². The number of hydrogen-bond donors (Lipinski definition) is 1. The third-order valence-electron chi connectivity index (χ3n) is 3.47. The summed E-state index contributed by atoms with van der Waals surface area (Å²) in [5, 5.41) is 9.96. The Morgan fingerprint density at radius 2 is 2.35 bits per heavy atom. The van der Waals surface area contributed by atoms with Crippen LogP contribution in [0.3, 0.4) is 0 Å². The number of carboxylic acid groups (broad SMARTS) is 1. The maximum Gasteiger partial charge on any atom is 0.323 e. The number of morpholine rings is 1. The minimum absolute atomic E-state index is 0.341. The molecule has 5 nitrogen and oxygen atoms in total. The summed E-state index contributed by atoms with van der Waals surface area (Å²) in [7, 11) is 1.59. The SMILES string of the molecule is COc1ccc(Cl)cc1CN1CCO[C@H](C)[C@H]1C(=O)O. The lowest BCUT2D eigenvalue weighted by Gasteiger charge is -2.37. The number of carboxylic acids is 1. The van der Waals surface area contributed by atoms with Crippen molar-refractivity contribution in [3.05, 3.63) is 28.8 Å². The first kappa shape index (κ1) is 15.1. The first-order valence-electron chi connectivity index (χ1n) is 6.44. The highest BCUT2D eigenvalue weighted by molar-refractivity contribution is 6.30. The number of benzene rings is 1. The molecule has 0 aliphatic carbocycles. The molecule has 2 atom stereocenters. The topological polar surface area (TPSA) is 59.0 Å². The van der Waals surface area contributed by atoms with E-state index in [-0.39, 0.29) is 6.10 Å². The summed E-state index contributed by atoms with van der Waals surface area (Å²) >= 11 is 6.00. The molecule has 2 rings (SSSR count). The Kier molecular flexibility index (Phi) is 4.86. The van der Waals surface area contributed by atoms with Gasteiger partial charge in [-0.2, -0.15) is 0 Å². The quantitative estimate of drug-likeness (QED) is 0.922.